The van der Waals surface area contributed by atoms with Gasteiger partial charge in [0.1, 0.15) is 0 Å². The second-order valence-electron chi connectivity index (χ2n) is 3.80. The number of aromatic nitrogens is 3. The number of anilines is 1. The van der Waals surface area contributed by atoms with E-state index in [1.807, 2.05) is 12.1 Å². The Morgan fingerprint density at radius 1 is 1.32 bits per heavy atom. The smallest absolute Gasteiger partial charge is 0.240 e. The largest absolute Gasteiger partial charge is 0.477 e. The summed E-state index contributed by atoms with van der Waals surface area (Å²) in [6.45, 7) is 0.571. The molecule has 0 amide bonds. The van der Waals surface area contributed by atoms with Gasteiger partial charge in [0.15, 0.2) is 0 Å². The minimum atomic E-state index is 0.326. The van der Waals surface area contributed by atoms with Crippen LogP contribution in [0.3, 0.4) is 0 Å². The number of nitrogens with zero attached hydrogens (tertiary/aromatic N) is 3. The van der Waals surface area contributed by atoms with E-state index < -0.39 is 0 Å². The minimum Gasteiger partial charge on any atom is -0.477 e. The average molecular weight is 324 g/mol. The van der Waals surface area contributed by atoms with Crippen LogP contribution >= 0.6 is 15.9 Å². The fourth-order valence-electron chi connectivity index (χ4n) is 1.52. The van der Waals surface area contributed by atoms with Crippen molar-refractivity contribution < 1.29 is 4.74 Å². The Morgan fingerprint density at radius 3 is 2.84 bits per heavy atom. The maximum atomic E-state index is 5.59. The highest BCUT2D eigenvalue weighted by Gasteiger charge is 2.05. The van der Waals surface area contributed by atoms with Gasteiger partial charge in [0.2, 0.25) is 11.8 Å². The number of aryl methyl sites for hydroxylation is 1. The molecule has 2 heterocycles. The number of hydrogen-bond acceptors (Lipinski definition) is 6. The lowest BCUT2D eigenvalue weighted by Crippen LogP contribution is -2.11. The molecule has 0 radical (unpaired) electrons. The van der Waals surface area contributed by atoms with Crippen LogP contribution in [-0.2, 0) is 6.42 Å². The third-order valence-electron chi connectivity index (χ3n) is 2.44. The highest BCUT2D eigenvalue weighted by atomic mass is 79.9. The van der Waals surface area contributed by atoms with E-state index in [0.717, 1.165) is 12.8 Å². The SMILES string of the molecule is NNc1ncc(Br)c(OCCCc2ccncc2)n1. The van der Waals surface area contributed by atoms with Crippen LogP contribution in [0.25, 0.3) is 0 Å². The van der Waals surface area contributed by atoms with Crippen molar-refractivity contribution in [1.29, 1.82) is 0 Å². The van der Waals surface area contributed by atoms with E-state index in [9.17, 15) is 0 Å². The third-order valence-corrected chi connectivity index (χ3v) is 2.98. The molecule has 0 spiro atoms. The molecule has 0 unspecified atom stereocenters. The van der Waals surface area contributed by atoms with Crippen molar-refractivity contribution >= 4 is 21.9 Å². The highest BCUT2D eigenvalue weighted by molar-refractivity contribution is 9.10. The van der Waals surface area contributed by atoms with E-state index in [1.54, 1.807) is 18.6 Å². The monoisotopic (exact) mass is 323 g/mol. The minimum absolute atomic E-state index is 0.326. The third kappa shape index (κ3) is 4.15. The van der Waals surface area contributed by atoms with Gasteiger partial charge in [-0.2, -0.15) is 4.98 Å². The number of hydrogen-bond donors (Lipinski definition) is 2. The zero-order valence-electron chi connectivity index (χ0n) is 10.2. The predicted octanol–water partition coefficient (Wildman–Crippen LogP) is 1.93. The molecule has 2 aromatic rings. The van der Waals surface area contributed by atoms with Crippen LogP contribution in [0.15, 0.2) is 35.2 Å². The van der Waals surface area contributed by atoms with Gasteiger partial charge in [-0.1, -0.05) is 0 Å². The molecule has 100 valence electrons. The van der Waals surface area contributed by atoms with Gasteiger partial charge in [-0.25, -0.2) is 10.8 Å². The Balaban J connectivity index is 1.82. The summed E-state index contributed by atoms with van der Waals surface area (Å²) in [6, 6.07) is 3.99. The molecule has 6 nitrogen and oxygen atoms in total. The number of ether oxygens (including phenoxy) is 1. The Morgan fingerprint density at radius 2 is 2.11 bits per heavy atom. The fraction of sp³-hybridized carbons (Fsp3) is 0.250. The molecule has 0 bridgehead atoms. The molecular formula is C12H14BrN5O. The van der Waals surface area contributed by atoms with Crippen LogP contribution < -0.4 is 16.0 Å². The first-order valence-electron chi connectivity index (χ1n) is 5.80. The van der Waals surface area contributed by atoms with Crippen LogP contribution in [0.1, 0.15) is 12.0 Å². The zero-order valence-corrected chi connectivity index (χ0v) is 11.8. The molecule has 0 aromatic carbocycles. The van der Waals surface area contributed by atoms with Crippen LogP contribution in [0, 0.1) is 0 Å². The number of nitrogens with two attached hydrogens (primary N) is 1. The van der Waals surface area contributed by atoms with Gasteiger partial charge in [-0.05, 0) is 46.5 Å². The second kappa shape index (κ2) is 7.01. The van der Waals surface area contributed by atoms with Gasteiger partial charge in [-0.3, -0.25) is 10.4 Å². The normalized spacial score (nSPS) is 10.2. The first-order valence-corrected chi connectivity index (χ1v) is 6.60. The molecule has 3 N–H and O–H groups in total. The Kier molecular flexibility index (Phi) is 5.05. The first-order chi connectivity index (χ1) is 9.29. The number of nitrogen functional groups attached to an aromatic ring is 1. The van der Waals surface area contributed by atoms with Gasteiger partial charge in [0, 0.05) is 12.4 Å². The second-order valence-corrected chi connectivity index (χ2v) is 4.65. The maximum Gasteiger partial charge on any atom is 0.240 e. The predicted molar refractivity (Wildman–Crippen MR) is 75.6 cm³/mol. The van der Waals surface area contributed by atoms with Crippen molar-refractivity contribution in [2.75, 3.05) is 12.0 Å². The van der Waals surface area contributed by atoms with Crippen molar-refractivity contribution in [3.8, 4) is 5.88 Å². The number of nitrogens with one attached hydrogen (secondary N) is 1. The molecule has 0 aliphatic heterocycles. The van der Waals surface area contributed by atoms with Gasteiger partial charge >= 0.3 is 0 Å². The molecule has 2 rings (SSSR count). The lowest BCUT2D eigenvalue weighted by Gasteiger charge is -2.08. The lowest BCUT2D eigenvalue weighted by atomic mass is 10.1. The van der Waals surface area contributed by atoms with E-state index >= 15 is 0 Å². The van der Waals surface area contributed by atoms with Gasteiger partial charge in [0.05, 0.1) is 17.3 Å². The quantitative estimate of drug-likeness (QED) is 0.480. The molecule has 0 aliphatic carbocycles. The zero-order chi connectivity index (χ0) is 13.5. The van der Waals surface area contributed by atoms with E-state index in [-0.39, 0.29) is 0 Å². The van der Waals surface area contributed by atoms with Crippen molar-refractivity contribution in [2.45, 2.75) is 12.8 Å². The summed E-state index contributed by atoms with van der Waals surface area (Å²) in [5, 5.41) is 0. The summed E-state index contributed by atoms with van der Waals surface area (Å²) in [4.78, 5) is 12.0. The molecule has 0 saturated carbocycles. The highest BCUT2D eigenvalue weighted by Crippen LogP contribution is 2.22. The van der Waals surface area contributed by atoms with Crippen LogP contribution in [0.5, 0.6) is 5.88 Å². The average Bonchev–Trinajstić information content (AvgIpc) is 2.46. The molecular weight excluding hydrogens is 310 g/mol. The van der Waals surface area contributed by atoms with E-state index in [0.29, 0.717) is 22.9 Å². The lowest BCUT2D eigenvalue weighted by molar-refractivity contribution is 0.297. The Bertz CT molecular complexity index is 523. The standard InChI is InChI=1S/C12H14BrN5O/c13-10-8-16-12(18-14)17-11(10)19-7-1-2-9-3-5-15-6-4-9/h3-6,8H,1-2,7,14H2,(H,16,17,18). The topological polar surface area (TPSA) is 86.0 Å². The van der Waals surface area contributed by atoms with Crippen LogP contribution in [0.2, 0.25) is 0 Å². The molecule has 0 saturated heterocycles. The molecule has 0 atom stereocenters. The summed E-state index contributed by atoms with van der Waals surface area (Å²) >= 11 is 3.33. The van der Waals surface area contributed by atoms with E-state index in [4.69, 9.17) is 10.6 Å². The molecule has 2 aromatic heterocycles. The van der Waals surface area contributed by atoms with Crippen molar-refractivity contribution in [2.24, 2.45) is 5.84 Å². The van der Waals surface area contributed by atoms with Crippen molar-refractivity contribution in [3.63, 3.8) is 0 Å². The summed E-state index contributed by atoms with van der Waals surface area (Å²) in [5.41, 5.74) is 3.62. The van der Waals surface area contributed by atoms with Gasteiger partial charge in [0.25, 0.3) is 0 Å². The fourth-order valence-corrected chi connectivity index (χ4v) is 1.82. The maximum absolute atomic E-state index is 5.59. The molecule has 7 heteroatoms. The van der Waals surface area contributed by atoms with Crippen molar-refractivity contribution in [1.82, 2.24) is 15.0 Å². The number of rotatable bonds is 6. The number of hydrazine groups is 1. The Labute approximate surface area is 119 Å². The number of pyridine rings is 1. The molecule has 0 aliphatic rings. The summed E-state index contributed by atoms with van der Waals surface area (Å²) in [7, 11) is 0. The first kappa shape index (κ1) is 13.7. The molecule has 19 heavy (non-hydrogen) atoms. The summed E-state index contributed by atoms with van der Waals surface area (Å²) in [5.74, 6) is 6.06. The summed E-state index contributed by atoms with van der Waals surface area (Å²) in [6.07, 6.45) is 7.01. The van der Waals surface area contributed by atoms with Crippen LogP contribution in [-0.4, -0.2) is 21.6 Å². The van der Waals surface area contributed by atoms with E-state index in [2.05, 4.69) is 36.3 Å². The Hall–Kier alpha value is -1.73. The van der Waals surface area contributed by atoms with E-state index in [1.165, 1.54) is 5.56 Å². The van der Waals surface area contributed by atoms with Gasteiger partial charge in [-0.15, -0.1) is 0 Å². The van der Waals surface area contributed by atoms with Gasteiger partial charge < -0.3 is 4.74 Å². The van der Waals surface area contributed by atoms with Crippen LogP contribution in [0.4, 0.5) is 5.95 Å². The molecule has 0 fully saturated rings. The summed E-state index contributed by atoms with van der Waals surface area (Å²) < 4.78 is 6.30. The number of halogens is 1. The van der Waals surface area contributed by atoms with Crippen molar-refractivity contribution in [3.05, 3.63) is 40.8 Å².